The summed E-state index contributed by atoms with van der Waals surface area (Å²) in [5, 5.41) is 9.95. The van der Waals surface area contributed by atoms with Crippen LogP contribution in [0.3, 0.4) is 0 Å². The van der Waals surface area contributed by atoms with Gasteiger partial charge >= 0.3 is 6.09 Å². The monoisotopic (exact) mass is 313 g/mol. The number of amidine groups is 1. The predicted octanol–water partition coefficient (Wildman–Crippen LogP) is 3.08. The number of rotatable bonds is 2. The number of amides is 1. The smallest absolute Gasteiger partial charge is 0.412 e. The van der Waals surface area contributed by atoms with Gasteiger partial charge in [0.1, 0.15) is 11.4 Å². The van der Waals surface area contributed by atoms with Crippen molar-refractivity contribution in [2.75, 3.05) is 5.32 Å². The molecule has 0 aliphatic rings. The molecule has 1 aromatic carbocycles. The summed E-state index contributed by atoms with van der Waals surface area (Å²) in [6, 6.07) is 5.01. The molecule has 5 nitrogen and oxygen atoms in total. The molecule has 0 bridgehead atoms. The van der Waals surface area contributed by atoms with E-state index in [1.807, 2.05) is 0 Å². The number of ether oxygens (including phenoxy) is 1. The van der Waals surface area contributed by atoms with Crippen molar-refractivity contribution in [1.29, 1.82) is 5.41 Å². The summed E-state index contributed by atoms with van der Waals surface area (Å²) in [4.78, 5) is 11.6. The highest BCUT2D eigenvalue weighted by molar-refractivity contribution is 9.10. The molecule has 0 unspecified atom stereocenters. The van der Waals surface area contributed by atoms with Crippen LogP contribution in [0.4, 0.5) is 10.5 Å². The maximum Gasteiger partial charge on any atom is 0.412 e. The minimum Gasteiger partial charge on any atom is -0.444 e. The predicted molar refractivity (Wildman–Crippen MR) is 75.0 cm³/mol. The summed E-state index contributed by atoms with van der Waals surface area (Å²) in [6.07, 6.45) is -0.552. The second-order valence-electron chi connectivity index (χ2n) is 4.74. The molecular formula is C12H16BrN3O2. The average Bonchev–Trinajstić information content (AvgIpc) is 2.18. The molecule has 1 amide bonds. The highest BCUT2D eigenvalue weighted by atomic mass is 79.9. The Morgan fingerprint density at radius 3 is 2.56 bits per heavy atom. The topological polar surface area (TPSA) is 88.2 Å². The number of benzene rings is 1. The first-order chi connectivity index (χ1) is 8.19. The minimum absolute atomic E-state index is 0.0604. The Balaban J connectivity index is 2.87. The van der Waals surface area contributed by atoms with E-state index in [0.29, 0.717) is 15.7 Å². The van der Waals surface area contributed by atoms with Crippen molar-refractivity contribution in [2.45, 2.75) is 26.4 Å². The Labute approximate surface area is 114 Å². The lowest BCUT2D eigenvalue weighted by atomic mass is 10.2. The summed E-state index contributed by atoms with van der Waals surface area (Å²) in [5.41, 5.74) is 5.87. The first-order valence-electron chi connectivity index (χ1n) is 5.33. The van der Waals surface area contributed by atoms with E-state index in [0.717, 1.165) is 0 Å². The third-order valence-electron chi connectivity index (χ3n) is 1.91. The highest BCUT2D eigenvalue weighted by Crippen LogP contribution is 2.24. The quantitative estimate of drug-likeness (QED) is 0.579. The standard InChI is InChI=1S/C12H16BrN3O2/c1-12(2,3)18-11(17)16-9-6-7(10(14)15)4-5-8(9)13/h4-6H,1-3H3,(H3,14,15)(H,16,17). The maximum absolute atomic E-state index is 11.6. The number of hydrogen-bond donors (Lipinski definition) is 3. The van der Waals surface area contributed by atoms with Crippen LogP contribution in [0.2, 0.25) is 0 Å². The molecule has 18 heavy (non-hydrogen) atoms. The number of halogens is 1. The fraction of sp³-hybridized carbons (Fsp3) is 0.333. The van der Waals surface area contributed by atoms with Gasteiger partial charge in [0.25, 0.3) is 0 Å². The number of nitrogens with one attached hydrogen (secondary N) is 2. The van der Waals surface area contributed by atoms with Crippen molar-refractivity contribution in [2.24, 2.45) is 5.73 Å². The number of hydrogen-bond acceptors (Lipinski definition) is 3. The maximum atomic E-state index is 11.6. The SMILES string of the molecule is CC(C)(C)OC(=O)Nc1cc(C(=N)N)ccc1Br. The van der Waals surface area contributed by atoms with Crippen LogP contribution in [0.25, 0.3) is 0 Å². The van der Waals surface area contributed by atoms with Gasteiger partial charge in [-0.25, -0.2) is 4.79 Å². The van der Waals surface area contributed by atoms with Gasteiger partial charge in [0.2, 0.25) is 0 Å². The minimum atomic E-state index is -0.561. The van der Waals surface area contributed by atoms with Crippen LogP contribution >= 0.6 is 15.9 Å². The van der Waals surface area contributed by atoms with Crippen molar-refractivity contribution in [3.05, 3.63) is 28.2 Å². The summed E-state index contributed by atoms with van der Waals surface area (Å²) < 4.78 is 5.83. The first-order valence-corrected chi connectivity index (χ1v) is 6.12. The van der Waals surface area contributed by atoms with E-state index in [-0.39, 0.29) is 5.84 Å². The molecular weight excluding hydrogens is 298 g/mol. The molecule has 0 fully saturated rings. The van der Waals surface area contributed by atoms with E-state index in [1.165, 1.54) is 0 Å². The lowest BCUT2D eigenvalue weighted by molar-refractivity contribution is 0.0636. The Morgan fingerprint density at radius 2 is 2.06 bits per heavy atom. The number of nitrogen functional groups attached to an aromatic ring is 1. The molecule has 0 aliphatic carbocycles. The number of carbonyl (C=O) groups is 1. The van der Waals surface area contributed by atoms with Crippen molar-refractivity contribution in [1.82, 2.24) is 0 Å². The van der Waals surface area contributed by atoms with Gasteiger partial charge in [-0.3, -0.25) is 10.7 Å². The highest BCUT2D eigenvalue weighted by Gasteiger charge is 2.17. The van der Waals surface area contributed by atoms with Crippen LogP contribution < -0.4 is 11.1 Å². The molecule has 0 aliphatic heterocycles. The zero-order valence-electron chi connectivity index (χ0n) is 10.5. The Kier molecular flexibility index (Phi) is 4.34. The Bertz CT molecular complexity index is 481. The summed E-state index contributed by atoms with van der Waals surface area (Å²) in [6.45, 7) is 5.36. The molecule has 0 aromatic heterocycles. The Hall–Kier alpha value is -1.56. The zero-order valence-corrected chi connectivity index (χ0v) is 12.1. The molecule has 98 valence electrons. The number of carbonyl (C=O) groups excluding carboxylic acids is 1. The normalized spacial score (nSPS) is 10.9. The number of nitrogens with two attached hydrogens (primary N) is 1. The molecule has 0 saturated heterocycles. The largest absolute Gasteiger partial charge is 0.444 e. The number of anilines is 1. The summed E-state index contributed by atoms with van der Waals surface area (Å²) in [7, 11) is 0. The molecule has 0 saturated carbocycles. The van der Waals surface area contributed by atoms with Crippen LogP contribution in [0.1, 0.15) is 26.3 Å². The van der Waals surface area contributed by atoms with E-state index >= 15 is 0 Å². The zero-order chi connectivity index (χ0) is 13.9. The average molecular weight is 314 g/mol. The van der Waals surface area contributed by atoms with E-state index in [2.05, 4.69) is 21.2 Å². The van der Waals surface area contributed by atoms with E-state index in [1.54, 1.807) is 39.0 Å². The summed E-state index contributed by atoms with van der Waals surface area (Å²) >= 11 is 3.31. The van der Waals surface area contributed by atoms with Crippen LogP contribution in [0.15, 0.2) is 22.7 Å². The van der Waals surface area contributed by atoms with Crippen molar-refractivity contribution in [3.63, 3.8) is 0 Å². The fourth-order valence-corrected chi connectivity index (χ4v) is 1.55. The van der Waals surface area contributed by atoms with E-state index in [9.17, 15) is 4.79 Å². The van der Waals surface area contributed by atoms with E-state index < -0.39 is 11.7 Å². The van der Waals surface area contributed by atoms with Gasteiger partial charge in [-0.2, -0.15) is 0 Å². The molecule has 0 radical (unpaired) electrons. The van der Waals surface area contributed by atoms with Crippen molar-refractivity contribution < 1.29 is 9.53 Å². The van der Waals surface area contributed by atoms with Gasteiger partial charge in [-0.1, -0.05) is 6.07 Å². The molecule has 0 heterocycles. The van der Waals surface area contributed by atoms with Gasteiger partial charge in [-0.05, 0) is 48.8 Å². The van der Waals surface area contributed by atoms with E-state index in [4.69, 9.17) is 15.9 Å². The van der Waals surface area contributed by atoms with Crippen LogP contribution in [0, 0.1) is 5.41 Å². The van der Waals surface area contributed by atoms with Gasteiger partial charge in [0, 0.05) is 10.0 Å². The molecule has 1 rings (SSSR count). The lowest BCUT2D eigenvalue weighted by Crippen LogP contribution is -2.27. The van der Waals surface area contributed by atoms with Crippen LogP contribution in [0.5, 0.6) is 0 Å². The summed E-state index contributed by atoms with van der Waals surface area (Å²) in [5.74, 6) is -0.0604. The van der Waals surface area contributed by atoms with Gasteiger partial charge < -0.3 is 10.5 Å². The van der Waals surface area contributed by atoms with Gasteiger partial charge in [0.05, 0.1) is 5.69 Å². The van der Waals surface area contributed by atoms with Gasteiger partial charge in [0.15, 0.2) is 0 Å². The van der Waals surface area contributed by atoms with Gasteiger partial charge in [-0.15, -0.1) is 0 Å². The van der Waals surface area contributed by atoms with Crippen molar-refractivity contribution >= 4 is 33.5 Å². The van der Waals surface area contributed by atoms with Crippen molar-refractivity contribution in [3.8, 4) is 0 Å². The molecule has 0 spiro atoms. The first kappa shape index (κ1) is 14.5. The lowest BCUT2D eigenvalue weighted by Gasteiger charge is -2.20. The molecule has 1 aromatic rings. The second kappa shape index (κ2) is 5.39. The third kappa shape index (κ3) is 4.37. The molecule has 6 heteroatoms. The Morgan fingerprint density at radius 1 is 1.44 bits per heavy atom. The van der Waals surface area contributed by atoms with Crippen LogP contribution in [-0.2, 0) is 4.74 Å². The third-order valence-corrected chi connectivity index (χ3v) is 2.60. The fourth-order valence-electron chi connectivity index (χ4n) is 1.20. The van der Waals surface area contributed by atoms with Crippen LogP contribution in [-0.4, -0.2) is 17.5 Å². The molecule has 0 atom stereocenters. The second-order valence-corrected chi connectivity index (χ2v) is 5.59. The molecule has 4 N–H and O–H groups in total.